The van der Waals surface area contributed by atoms with Crippen LogP contribution in [0.15, 0.2) is 54.9 Å². The van der Waals surface area contributed by atoms with Crippen molar-refractivity contribution >= 4 is 5.97 Å². The molecular formula is C16H14N4O3. The molecule has 2 aromatic carbocycles. The van der Waals surface area contributed by atoms with Gasteiger partial charge in [-0.1, -0.05) is 18.2 Å². The van der Waals surface area contributed by atoms with E-state index < -0.39 is 5.97 Å². The van der Waals surface area contributed by atoms with Gasteiger partial charge in [-0.2, -0.15) is 0 Å². The van der Waals surface area contributed by atoms with Gasteiger partial charge in [0.05, 0.1) is 17.9 Å². The predicted molar refractivity (Wildman–Crippen MR) is 81.3 cm³/mol. The van der Waals surface area contributed by atoms with Crippen LogP contribution in [0.3, 0.4) is 0 Å². The molecule has 23 heavy (non-hydrogen) atoms. The summed E-state index contributed by atoms with van der Waals surface area (Å²) in [6, 6.07) is 14.1. The van der Waals surface area contributed by atoms with Gasteiger partial charge < -0.3 is 9.47 Å². The zero-order valence-corrected chi connectivity index (χ0v) is 12.4. The summed E-state index contributed by atoms with van der Waals surface area (Å²) >= 11 is 0. The number of tetrazole rings is 1. The van der Waals surface area contributed by atoms with Crippen molar-refractivity contribution in [2.45, 2.75) is 6.61 Å². The maximum Gasteiger partial charge on any atom is 0.343 e. The lowest BCUT2D eigenvalue weighted by Crippen LogP contribution is -2.11. The Morgan fingerprint density at radius 3 is 2.61 bits per heavy atom. The highest BCUT2D eigenvalue weighted by atomic mass is 16.5. The van der Waals surface area contributed by atoms with Crippen LogP contribution >= 0.6 is 0 Å². The second-order valence-electron chi connectivity index (χ2n) is 4.73. The maximum atomic E-state index is 12.3. The molecule has 0 spiro atoms. The Kier molecular flexibility index (Phi) is 4.39. The molecule has 3 aromatic rings. The van der Waals surface area contributed by atoms with Gasteiger partial charge in [0.2, 0.25) is 0 Å². The summed E-state index contributed by atoms with van der Waals surface area (Å²) < 4.78 is 12.0. The van der Waals surface area contributed by atoms with E-state index in [9.17, 15) is 4.79 Å². The third-order valence-corrected chi connectivity index (χ3v) is 3.20. The molecule has 0 atom stereocenters. The maximum absolute atomic E-state index is 12.3. The molecule has 7 heteroatoms. The number of benzene rings is 2. The van der Waals surface area contributed by atoms with Crippen LogP contribution in [0.4, 0.5) is 0 Å². The molecule has 1 aromatic heterocycles. The van der Waals surface area contributed by atoms with Crippen molar-refractivity contribution in [3.8, 4) is 11.4 Å². The van der Waals surface area contributed by atoms with E-state index in [0.717, 1.165) is 11.3 Å². The molecule has 0 N–H and O–H groups in total. The van der Waals surface area contributed by atoms with Crippen molar-refractivity contribution in [3.63, 3.8) is 0 Å². The van der Waals surface area contributed by atoms with Gasteiger partial charge in [0.15, 0.2) is 0 Å². The van der Waals surface area contributed by atoms with E-state index in [0.29, 0.717) is 17.9 Å². The summed E-state index contributed by atoms with van der Waals surface area (Å²) in [5.74, 6) is 0.0202. The number of carbonyl (C=O) groups is 1. The number of hydrogen-bond donors (Lipinski definition) is 0. The third-order valence-electron chi connectivity index (χ3n) is 3.20. The first-order chi connectivity index (χ1) is 11.3. The lowest BCUT2D eigenvalue weighted by atomic mass is 10.1. The van der Waals surface area contributed by atoms with Crippen LogP contribution in [0.1, 0.15) is 15.9 Å². The van der Waals surface area contributed by atoms with Crippen LogP contribution < -0.4 is 4.74 Å². The molecule has 0 amide bonds. The predicted octanol–water partition coefficient (Wildman–Crippen LogP) is 2.03. The molecule has 3 rings (SSSR count). The van der Waals surface area contributed by atoms with Crippen molar-refractivity contribution in [3.05, 3.63) is 66.0 Å². The first-order valence-electron chi connectivity index (χ1n) is 6.90. The Morgan fingerprint density at radius 2 is 1.91 bits per heavy atom. The summed E-state index contributed by atoms with van der Waals surface area (Å²) in [5.41, 5.74) is 2.04. The number of esters is 1. The first-order valence-corrected chi connectivity index (χ1v) is 6.90. The molecule has 1 heterocycles. The Balaban J connectivity index is 1.75. The number of hydrogen-bond acceptors (Lipinski definition) is 6. The van der Waals surface area contributed by atoms with Crippen molar-refractivity contribution in [2.24, 2.45) is 0 Å². The summed E-state index contributed by atoms with van der Waals surface area (Å²) in [6.07, 6.45) is 1.49. The molecule has 0 fully saturated rings. The minimum atomic E-state index is -0.423. The van der Waals surface area contributed by atoms with Gasteiger partial charge in [0.1, 0.15) is 12.1 Å². The zero-order chi connectivity index (χ0) is 16.1. The normalized spacial score (nSPS) is 10.5. The van der Waals surface area contributed by atoms with E-state index in [1.807, 2.05) is 12.1 Å². The van der Waals surface area contributed by atoms with Crippen molar-refractivity contribution in [1.82, 2.24) is 20.2 Å². The average Bonchev–Trinajstić information content (AvgIpc) is 3.11. The molecule has 0 radical (unpaired) electrons. The highest BCUT2D eigenvalue weighted by Gasteiger charge is 2.13. The molecule has 0 saturated heterocycles. The lowest BCUT2D eigenvalue weighted by molar-refractivity contribution is 0.0729. The van der Waals surface area contributed by atoms with Crippen LogP contribution in [0.2, 0.25) is 0 Å². The van der Waals surface area contributed by atoms with Gasteiger partial charge in [-0.15, -0.1) is 5.10 Å². The number of ether oxygens (including phenoxy) is 2. The monoisotopic (exact) mass is 310 g/mol. The van der Waals surface area contributed by atoms with E-state index in [4.69, 9.17) is 9.47 Å². The van der Waals surface area contributed by atoms with Gasteiger partial charge in [-0.3, -0.25) is 0 Å². The minimum Gasteiger partial charge on any atom is -0.423 e. The number of rotatable bonds is 5. The number of nitrogens with zero attached hydrogens (tertiary/aromatic N) is 4. The summed E-state index contributed by atoms with van der Waals surface area (Å²) in [5, 5.41) is 10.9. The van der Waals surface area contributed by atoms with E-state index >= 15 is 0 Å². The van der Waals surface area contributed by atoms with Gasteiger partial charge >= 0.3 is 5.97 Å². The van der Waals surface area contributed by atoms with Crippen molar-refractivity contribution < 1.29 is 14.3 Å². The molecule has 0 aliphatic heterocycles. The Hall–Kier alpha value is -3.06. The Labute approximate surface area is 132 Å². The van der Waals surface area contributed by atoms with Gasteiger partial charge in [0.25, 0.3) is 0 Å². The smallest absolute Gasteiger partial charge is 0.343 e. The number of methoxy groups -OCH3 is 1. The second kappa shape index (κ2) is 6.80. The highest BCUT2D eigenvalue weighted by Crippen LogP contribution is 2.18. The van der Waals surface area contributed by atoms with Crippen LogP contribution in [0.5, 0.6) is 5.75 Å². The molecule has 0 aliphatic rings. The van der Waals surface area contributed by atoms with Gasteiger partial charge in [0, 0.05) is 7.11 Å². The zero-order valence-electron chi connectivity index (χ0n) is 12.4. The second-order valence-corrected chi connectivity index (χ2v) is 4.73. The quantitative estimate of drug-likeness (QED) is 0.530. The van der Waals surface area contributed by atoms with Crippen LogP contribution in [-0.4, -0.2) is 33.3 Å². The van der Waals surface area contributed by atoms with E-state index in [2.05, 4.69) is 15.5 Å². The van der Waals surface area contributed by atoms with Crippen LogP contribution in [0.25, 0.3) is 5.69 Å². The topological polar surface area (TPSA) is 79.1 Å². The third kappa shape index (κ3) is 3.41. The van der Waals surface area contributed by atoms with Gasteiger partial charge in [-0.25, -0.2) is 9.48 Å². The van der Waals surface area contributed by atoms with Gasteiger partial charge in [-0.05, 0) is 46.3 Å². The van der Waals surface area contributed by atoms with E-state index in [1.54, 1.807) is 43.5 Å². The fourth-order valence-corrected chi connectivity index (χ4v) is 2.11. The van der Waals surface area contributed by atoms with Crippen LogP contribution in [0, 0.1) is 0 Å². The molecule has 116 valence electrons. The molecule has 0 bridgehead atoms. The molecule has 0 aliphatic carbocycles. The van der Waals surface area contributed by atoms with Crippen molar-refractivity contribution in [2.75, 3.05) is 7.11 Å². The molecule has 0 unspecified atom stereocenters. The van der Waals surface area contributed by atoms with E-state index in [1.165, 1.54) is 11.0 Å². The minimum absolute atomic E-state index is 0.351. The fourth-order valence-electron chi connectivity index (χ4n) is 2.11. The molecular weight excluding hydrogens is 296 g/mol. The average molecular weight is 310 g/mol. The van der Waals surface area contributed by atoms with Crippen LogP contribution in [-0.2, 0) is 11.3 Å². The SMILES string of the molecule is COCc1ccccc1C(=O)Oc1ccc(-n2cnnn2)cc1. The highest BCUT2D eigenvalue weighted by molar-refractivity contribution is 5.92. The lowest BCUT2D eigenvalue weighted by Gasteiger charge is -2.09. The fraction of sp³-hybridized carbons (Fsp3) is 0.125. The standard InChI is InChI=1S/C16H14N4O3/c1-22-10-12-4-2-3-5-15(12)16(21)23-14-8-6-13(7-9-14)20-11-17-18-19-20/h2-9,11H,10H2,1H3. The molecule has 0 saturated carbocycles. The Morgan fingerprint density at radius 1 is 1.13 bits per heavy atom. The first kappa shape index (κ1) is 14.9. The largest absolute Gasteiger partial charge is 0.423 e. The number of aromatic nitrogens is 4. The number of carbonyl (C=O) groups excluding carboxylic acids is 1. The van der Waals surface area contributed by atoms with Crippen molar-refractivity contribution in [1.29, 1.82) is 0 Å². The summed E-state index contributed by atoms with van der Waals surface area (Å²) in [7, 11) is 1.58. The summed E-state index contributed by atoms with van der Waals surface area (Å²) in [4.78, 5) is 12.3. The molecule has 7 nitrogen and oxygen atoms in total. The summed E-state index contributed by atoms with van der Waals surface area (Å²) in [6.45, 7) is 0.351. The van der Waals surface area contributed by atoms with E-state index in [-0.39, 0.29) is 0 Å². The Bertz CT molecular complexity index is 785.